The van der Waals surface area contributed by atoms with E-state index in [2.05, 4.69) is 15.9 Å². The summed E-state index contributed by atoms with van der Waals surface area (Å²) >= 11 is 3.11. The molecule has 0 spiro atoms. The highest BCUT2D eigenvalue weighted by Crippen LogP contribution is 2.34. The molecular weight excluding hydrogens is 335 g/mol. The summed E-state index contributed by atoms with van der Waals surface area (Å²) in [6.45, 7) is 3.27. The zero-order valence-corrected chi connectivity index (χ0v) is 13.0. The molecule has 0 saturated carbocycles. The molecule has 1 unspecified atom stereocenters. The van der Waals surface area contributed by atoms with Crippen molar-refractivity contribution < 1.29 is 12.8 Å². The molecule has 1 aliphatic heterocycles. The van der Waals surface area contributed by atoms with Crippen molar-refractivity contribution in [3.05, 3.63) is 28.5 Å². The van der Waals surface area contributed by atoms with E-state index in [1.54, 1.807) is 0 Å². The number of hydrogen-bond donors (Lipinski definition) is 1. The van der Waals surface area contributed by atoms with Crippen LogP contribution in [0.4, 0.5) is 4.39 Å². The van der Waals surface area contributed by atoms with Crippen LogP contribution >= 0.6 is 15.9 Å². The Labute approximate surface area is 121 Å². The molecule has 1 atom stereocenters. The highest BCUT2D eigenvalue weighted by Gasteiger charge is 2.39. The van der Waals surface area contributed by atoms with Crippen molar-refractivity contribution in [2.75, 3.05) is 19.6 Å². The van der Waals surface area contributed by atoms with Crippen molar-refractivity contribution >= 4 is 26.0 Å². The summed E-state index contributed by atoms with van der Waals surface area (Å²) in [6, 6.07) is 3.59. The van der Waals surface area contributed by atoms with Crippen LogP contribution in [0.1, 0.15) is 13.3 Å². The third-order valence-corrected chi connectivity index (χ3v) is 6.35. The third-order valence-electron chi connectivity index (χ3n) is 3.53. The number of benzene rings is 1. The molecule has 1 aromatic rings. The van der Waals surface area contributed by atoms with Crippen LogP contribution in [0.15, 0.2) is 27.6 Å². The zero-order valence-electron chi connectivity index (χ0n) is 10.6. The van der Waals surface area contributed by atoms with Crippen LogP contribution in [0.2, 0.25) is 0 Å². The maximum Gasteiger partial charge on any atom is 0.244 e. The highest BCUT2D eigenvalue weighted by molar-refractivity contribution is 9.10. The van der Waals surface area contributed by atoms with Gasteiger partial charge in [-0.3, -0.25) is 0 Å². The molecule has 1 aliphatic rings. The fourth-order valence-electron chi connectivity index (χ4n) is 2.17. The van der Waals surface area contributed by atoms with E-state index in [9.17, 15) is 12.8 Å². The molecule has 2 N–H and O–H groups in total. The first kappa shape index (κ1) is 14.9. The van der Waals surface area contributed by atoms with Gasteiger partial charge in [-0.1, -0.05) is 6.92 Å². The van der Waals surface area contributed by atoms with Crippen molar-refractivity contribution in [1.29, 1.82) is 0 Å². The maximum atomic E-state index is 13.0. The largest absolute Gasteiger partial charge is 0.330 e. The van der Waals surface area contributed by atoms with Crippen molar-refractivity contribution in [3.63, 3.8) is 0 Å². The Kier molecular flexibility index (Phi) is 4.02. The summed E-state index contributed by atoms with van der Waals surface area (Å²) in [6.07, 6.45) is 0.738. The second-order valence-electron chi connectivity index (χ2n) is 5.18. The molecule has 7 heteroatoms. The van der Waals surface area contributed by atoms with Gasteiger partial charge in [0.15, 0.2) is 0 Å². The van der Waals surface area contributed by atoms with Gasteiger partial charge in [0.2, 0.25) is 10.0 Å². The number of nitrogens with two attached hydrogens (primary N) is 1. The minimum Gasteiger partial charge on any atom is -0.330 e. The summed E-state index contributed by atoms with van der Waals surface area (Å²) in [5.74, 6) is -0.473. The lowest BCUT2D eigenvalue weighted by molar-refractivity contribution is 0.349. The summed E-state index contributed by atoms with van der Waals surface area (Å²) in [5.41, 5.74) is 5.50. The van der Waals surface area contributed by atoms with Crippen molar-refractivity contribution in [2.24, 2.45) is 11.1 Å². The molecule has 0 amide bonds. The van der Waals surface area contributed by atoms with Gasteiger partial charge in [0, 0.05) is 17.6 Å². The molecule has 106 valence electrons. The van der Waals surface area contributed by atoms with E-state index in [-0.39, 0.29) is 14.8 Å². The topological polar surface area (TPSA) is 63.4 Å². The van der Waals surface area contributed by atoms with Crippen LogP contribution < -0.4 is 5.73 Å². The molecule has 19 heavy (non-hydrogen) atoms. The van der Waals surface area contributed by atoms with Crippen molar-refractivity contribution in [1.82, 2.24) is 4.31 Å². The highest BCUT2D eigenvalue weighted by atomic mass is 79.9. The average molecular weight is 351 g/mol. The van der Waals surface area contributed by atoms with Gasteiger partial charge in [0.25, 0.3) is 0 Å². The standard InChI is InChI=1S/C12H16BrFN2O2S/c1-12(7-15)4-5-16(8-12)19(17,18)11-3-2-9(14)6-10(11)13/h2-3,6H,4-5,7-8,15H2,1H3. The normalized spacial score (nSPS) is 24.8. The first-order valence-corrected chi connectivity index (χ1v) is 8.17. The van der Waals surface area contributed by atoms with Crippen LogP contribution in [0.25, 0.3) is 0 Å². The van der Waals surface area contributed by atoms with Gasteiger partial charge in [-0.15, -0.1) is 0 Å². The zero-order chi connectivity index (χ0) is 14.3. The smallest absolute Gasteiger partial charge is 0.244 e. The van der Waals surface area contributed by atoms with Gasteiger partial charge < -0.3 is 5.73 Å². The molecule has 2 rings (SSSR count). The summed E-state index contributed by atoms with van der Waals surface area (Å²) in [7, 11) is -3.60. The molecule has 0 aliphatic carbocycles. The number of halogens is 2. The Morgan fingerprint density at radius 3 is 2.74 bits per heavy atom. The maximum absolute atomic E-state index is 13.0. The van der Waals surface area contributed by atoms with E-state index in [0.717, 1.165) is 18.6 Å². The second-order valence-corrected chi connectivity index (χ2v) is 7.94. The van der Waals surface area contributed by atoms with Crippen LogP contribution in [0.5, 0.6) is 0 Å². The van der Waals surface area contributed by atoms with Crippen LogP contribution in [0, 0.1) is 11.2 Å². The van der Waals surface area contributed by atoms with Gasteiger partial charge in [0.1, 0.15) is 5.82 Å². The average Bonchev–Trinajstić information content (AvgIpc) is 2.73. The van der Waals surface area contributed by atoms with E-state index in [0.29, 0.717) is 19.6 Å². The molecule has 4 nitrogen and oxygen atoms in total. The first-order valence-electron chi connectivity index (χ1n) is 5.94. The predicted octanol–water partition coefficient (Wildman–Crippen LogP) is 1.95. The number of nitrogens with zero attached hydrogens (tertiary/aromatic N) is 1. The number of sulfonamides is 1. The van der Waals surface area contributed by atoms with Gasteiger partial charge in [-0.25, -0.2) is 12.8 Å². The Morgan fingerprint density at radius 1 is 1.53 bits per heavy atom. The van der Waals surface area contributed by atoms with Gasteiger partial charge in [-0.05, 0) is 52.5 Å². The van der Waals surface area contributed by atoms with E-state index in [1.807, 2.05) is 6.92 Å². The van der Waals surface area contributed by atoms with Crippen LogP contribution in [0.3, 0.4) is 0 Å². The summed E-state index contributed by atoms with van der Waals surface area (Å²) in [5, 5.41) is 0. The lowest BCUT2D eigenvalue weighted by Gasteiger charge is -2.22. The second kappa shape index (κ2) is 5.12. The minimum atomic E-state index is -3.60. The Hall–Kier alpha value is -0.500. The Bertz CT molecular complexity index is 593. The predicted molar refractivity (Wildman–Crippen MR) is 74.6 cm³/mol. The Morgan fingerprint density at radius 2 is 2.21 bits per heavy atom. The van der Waals surface area contributed by atoms with Gasteiger partial charge in [-0.2, -0.15) is 4.31 Å². The lowest BCUT2D eigenvalue weighted by Crippen LogP contribution is -2.34. The summed E-state index contributed by atoms with van der Waals surface area (Å²) in [4.78, 5) is 0.0928. The third kappa shape index (κ3) is 2.84. The lowest BCUT2D eigenvalue weighted by atomic mass is 9.90. The molecular formula is C12H16BrFN2O2S. The molecule has 0 radical (unpaired) electrons. The van der Waals surface area contributed by atoms with Crippen LogP contribution in [-0.2, 0) is 10.0 Å². The van der Waals surface area contributed by atoms with Crippen molar-refractivity contribution in [3.8, 4) is 0 Å². The first-order chi connectivity index (χ1) is 8.78. The quantitative estimate of drug-likeness (QED) is 0.905. The fourth-order valence-corrected chi connectivity index (χ4v) is 4.78. The fraction of sp³-hybridized carbons (Fsp3) is 0.500. The van der Waals surface area contributed by atoms with Crippen molar-refractivity contribution in [2.45, 2.75) is 18.2 Å². The number of rotatable bonds is 3. The molecule has 1 heterocycles. The van der Waals surface area contributed by atoms with Crippen LogP contribution in [-0.4, -0.2) is 32.4 Å². The monoisotopic (exact) mass is 350 g/mol. The minimum absolute atomic E-state index is 0.0928. The van der Waals surface area contributed by atoms with E-state index in [1.165, 1.54) is 10.4 Å². The molecule has 1 fully saturated rings. The van der Waals surface area contributed by atoms with E-state index >= 15 is 0 Å². The Balaban J connectivity index is 2.34. The number of hydrogen-bond acceptors (Lipinski definition) is 3. The van der Waals surface area contributed by atoms with E-state index in [4.69, 9.17) is 5.73 Å². The van der Waals surface area contributed by atoms with E-state index < -0.39 is 15.8 Å². The summed E-state index contributed by atoms with van der Waals surface area (Å²) < 4.78 is 39.7. The molecule has 0 aromatic heterocycles. The molecule has 1 saturated heterocycles. The van der Waals surface area contributed by atoms with Gasteiger partial charge in [0.05, 0.1) is 4.90 Å². The SMILES string of the molecule is CC1(CN)CCN(S(=O)(=O)c2ccc(F)cc2Br)C1. The molecule has 1 aromatic carbocycles. The molecule has 0 bridgehead atoms. The van der Waals surface area contributed by atoms with Gasteiger partial charge >= 0.3 is 0 Å².